The first kappa shape index (κ1) is 19.1. The molecule has 1 saturated carbocycles. The number of nitrogens with zero attached hydrogens (tertiary/aromatic N) is 4. The van der Waals surface area contributed by atoms with E-state index < -0.39 is 0 Å². The molecule has 1 atom stereocenters. The van der Waals surface area contributed by atoms with Crippen molar-refractivity contribution in [3.63, 3.8) is 0 Å². The second kappa shape index (κ2) is 8.83. The van der Waals surface area contributed by atoms with Crippen molar-refractivity contribution in [2.45, 2.75) is 45.8 Å². The molecule has 0 bridgehead atoms. The van der Waals surface area contributed by atoms with Crippen LogP contribution in [0.2, 0.25) is 0 Å². The largest absolute Gasteiger partial charge is 0.490 e. The fraction of sp³-hybridized carbons (Fsp3) is 0.526. The molecule has 1 unspecified atom stereocenters. The van der Waals surface area contributed by atoms with Crippen LogP contribution in [0.15, 0.2) is 29.5 Å². The van der Waals surface area contributed by atoms with Crippen LogP contribution in [0.5, 0.6) is 5.75 Å². The van der Waals surface area contributed by atoms with Gasteiger partial charge in [-0.1, -0.05) is 6.07 Å². The Bertz CT molecular complexity index is 786. The number of hydrogen-bond acceptors (Lipinski definition) is 4. The minimum atomic E-state index is -0.333. The monoisotopic (exact) mass is 374 g/mol. The molecule has 0 saturated heterocycles. The van der Waals surface area contributed by atoms with Crippen molar-refractivity contribution >= 4 is 5.96 Å². The molecule has 146 valence electrons. The number of rotatable bonds is 8. The van der Waals surface area contributed by atoms with E-state index in [1.165, 1.54) is 18.9 Å². The minimum Gasteiger partial charge on any atom is -0.490 e. The summed E-state index contributed by atoms with van der Waals surface area (Å²) in [6, 6.07) is 4.97. The Morgan fingerprint density at radius 3 is 2.93 bits per heavy atom. The molecule has 8 heteroatoms. The van der Waals surface area contributed by atoms with Gasteiger partial charge in [-0.3, -0.25) is 4.99 Å². The average Bonchev–Trinajstić information content (AvgIpc) is 3.39. The van der Waals surface area contributed by atoms with E-state index in [1.54, 1.807) is 19.4 Å². The Kier molecular flexibility index (Phi) is 6.26. The predicted molar refractivity (Wildman–Crippen MR) is 102 cm³/mol. The molecule has 1 aliphatic carbocycles. The number of halogens is 1. The number of benzene rings is 1. The van der Waals surface area contributed by atoms with Crippen LogP contribution in [-0.4, -0.2) is 34.4 Å². The zero-order chi connectivity index (χ0) is 19.2. The number of aromatic nitrogens is 3. The molecule has 7 nitrogen and oxygen atoms in total. The van der Waals surface area contributed by atoms with Crippen molar-refractivity contribution in [1.29, 1.82) is 0 Å². The lowest BCUT2D eigenvalue weighted by atomic mass is 10.1. The Hall–Kier alpha value is -2.64. The van der Waals surface area contributed by atoms with Gasteiger partial charge in [0, 0.05) is 13.6 Å². The maximum absolute atomic E-state index is 14.3. The Morgan fingerprint density at radius 1 is 1.44 bits per heavy atom. The number of nitrogens with one attached hydrogen (secondary N) is 2. The third kappa shape index (κ3) is 5.18. The Balaban J connectivity index is 1.55. The molecule has 1 fully saturated rings. The molecule has 27 heavy (non-hydrogen) atoms. The lowest BCUT2D eigenvalue weighted by Gasteiger charge is -2.19. The standard InChI is InChI=1S/C19H27FN6O/c1-4-26-12-23-25-18(26)10-22-19(21-3)24-13(2)15-7-8-17(16(20)9-15)27-11-14-5-6-14/h7-9,12-14H,4-6,10-11H2,1-3H3,(H2,21,22,24). The normalized spacial score (nSPS) is 15.5. The highest BCUT2D eigenvalue weighted by Gasteiger charge is 2.22. The molecule has 1 aromatic heterocycles. The molecule has 2 aromatic rings. The highest BCUT2D eigenvalue weighted by molar-refractivity contribution is 5.80. The van der Waals surface area contributed by atoms with Gasteiger partial charge in [0.05, 0.1) is 19.2 Å². The third-order valence-electron chi connectivity index (χ3n) is 4.65. The van der Waals surface area contributed by atoms with Gasteiger partial charge < -0.3 is 19.9 Å². The van der Waals surface area contributed by atoms with Gasteiger partial charge >= 0.3 is 0 Å². The molecule has 0 amide bonds. The zero-order valence-electron chi connectivity index (χ0n) is 16.1. The molecule has 0 aliphatic heterocycles. The quantitative estimate of drug-likeness (QED) is 0.549. The molecule has 3 rings (SSSR count). The van der Waals surface area contributed by atoms with Gasteiger partial charge in [0.25, 0.3) is 0 Å². The summed E-state index contributed by atoms with van der Waals surface area (Å²) in [6.45, 7) is 5.90. The van der Waals surface area contributed by atoms with Crippen LogP contribution in [-0.2, 0) is 13.1 Å². The van der Waals surface area contributed by atoms with E-state index in [4.69, 9.17) is 4.74 Å². The fourth-order valence-corrected chi connectivity index (χ4v) is 2.72. The highest BCUT2D eigenvalue weighted by Crippen LogP contribution is 2.30. The first-order valence-corrected chi connectivity index (χ1v) is 9.36. The fourth-order valence-electron chi connectivity index (χ4n) is 2.72. The average molecular weight is 374 g/mol. The summed E-state index contributed by atoms with van der Waals surface area (Å²) in [4.78, 5) is 4.22. The minimum absolute atomic E-state index is 0.118. The first-order chi connectivity index (χ1) is 13.1. The SMILES string of the molecule is CCn1cnnc1CNC(=NC)NC(C)c1ccc(OCC2CC2)c(F)c1. The molecule has 0 spiro atoms. The molecular formula is C19H27FN6O. The topological polar surface area (TPSA) is 76.4 Å². The summed E-state index contributed by atoms with van der Waals surface area (Å²) >= 11 is 0. The highest BCUT2D eigenvalue weighted by atomic mass is 19.1. The van der Waals surface area contributed by atoms with Crippen LogP contribution < -0.4 is 15.4 Å². The van der Waals surface area contributed by atoms with Gasteiger partial charge in [-0.05, 0) is 50.3 Å². The second-order valence-electron chi connectivity index (χ2n) is 6.77. The van der Waals surface area contributed by atoms with E-state index in [0.717, 1.165) is 17.9 Å². The summed E-state index contributed by atoms with van der Waals surface area (Å²) in [7, 11) is 1.70. The summed E-state index contributed by atoms with van der Waals surface area (Å²) in [5.74, 6) is 2.02. The van der Waals surface area contributed by atoms with Crippen LogP contribution in [0.1, 0.15) is 44.1 Å². The first-order valence-electron chi connectivity index (χ1n) is 9.36. The Morgan fingerprint density at radius 2 is 2.26 bits per heavy atom. The second-order valence-corrected chi connectivity index (χ2v) is 6.77. The van der Waals surface area contributed by atoms with E-state index in [9.17, 15) is 4.39 Å². The summed E-state index contributed by atoms with van der Waals surface area (Å²) < 4.78 is 21.8. The van der Waals surface area contributed by atoms with Gasteiger partial charge in [0.2, 0.25) is 0 Å². The third-order valence-corrected chi connectivity index (χ3v) is 4.65. The van der Waals surface area contributed by atoms with Crippen LogP contribution >= 0.6 is 0 Å². The molecule has 1 aliphatic rings. The number of aliphatic imine (C=N–C) groups is 1. The zero-order valence-corrected chi connectivity index (χ0v) is 16.1. The summed E-state index contributed by atoms with van der Waals surface area (Å²) in [6.07, 6.45) is 4.06. The molecule has 2 N–H and O–H groups in total. The maximum atomic E-state index is 14.3. The van der Waals surface area contributed by atoms with Gasteiger partial charge in [-0.25, -0.2) is 4.39 Å². The lowest BCUT2D eigenvalue weighted by molar-refractivity contribution is 0.285. The predicted octanol–water partition coefficient (Wildman–Crippen LogP) is 2.65. The van der Waals surface area contributed by atoms with Crippen molar-refractivity contribution < 1.29 is 9.13 Å². The number of hydrogen-bond donors (Lipinski definition) is 2. The molecular weight excluding hydrogens is 347 g/mol. The van der Waals surface area contributed by atoms with Crippen LogP contribution in [0.3, 0.4) is 0 Å². The lowest BCUT2D eigenvalue weighted by Crippen LogP contribution is -2.38. The van der Waals surface area contributed by atoms with E-state index in [1.807, 2.05) is 24.5 Å². The summed E-state index contributed by atoms with van der Waals surface area (Å²) in [5, 5.41) is 14.5. The number of ether oxygens (including phenoxy) is 1. The van der Waals surface area contributed by atoms with Crippen molar-refractivity contribution in [1.82, 2.24) is 25.4 Å². The van der Waals surface area contributed by atoms with Gasteiger partial charge in [-0.15, -0.1) is 10.2 Å². The van der Waals surface area contributed by atoms with Gasteiger partial charge in [0.1, 0.15) is 6.33 Å². The van der Waals surface area contributed by atoms with E-state index in [-0.39, 0.29) is 11.9 Å². The molecule has 0 radical (unpaired) electrons. The number of aryl methyl sites for hydroxylation is 1. The van der Waals surface area contributed by atoms with Crippen molar-refractivity contribution in [3.8, 4) is 5.75 Å². The van der Waals surface area contributed by atoms with E-state index >= 15 is 0 Å². The van der Waals surface area contributed by atoms with E-state index in [0.29, 0.717) is 30.8 Å². The summed E-state index contributed by atoms with van der Waals surface area (Å²) in [5.41, 5.74) is 0.825. The van der Waals surface area contributed by atoms with Crippen LogP contribution in [0.4, 0.5) is 4.39 Å². The van der Waals surface area contributed by atoms with Crippen LogP contribution in [0.25, 0.3) is 0 Å². The van der Waals surface area contributed by atoms with Gasteiger partial charge in [-0.2, -0.15) is 0 Å². The smallest absolute Gasteiger partial charge is 0.191 e. The van der Waals surface area contributed by atoms with Crippen molar-refractivity contribution in [2.75, 3.05) is 13.7 Å². The molecule has 1 heterocycles. The van der Waals surface area contributed by atoms with Gasteiger partial charge in [0.15, 0.2) is 23.4 Å². The maximum Gasteiger partial charge on any atom is 0.191 e. The van der Waals surface area contributed by atoms with Crippen molar-refractivity contribution in [3.05, 3.63) is 41.7 Å². The molecule has 1 aromatic carbocycles. The Labute approximate surface area is 159 Å². The number of guanidine groups is 1. The van der Waals surface area contributed by atoms with Crippen LogP contribution in [0, 0.1) is 11.7 Å². The van der Waals surface area contributed by atoms with Crippen molar-refractivity contribution in [2.24, 2.45) is 10.9 Å². The van der Waals surface area contributed by atoms with E-state index in [2.05, 4.69) is 25.8 Å².